The van der Waals surface area contributed by atoms with E-state index in [0.29, 0.717) is 103 Å². The smallest absolute Gasteiger partial charge is 0.326 e. The summed E-state index contributed by atoms with van der Waals surface area (Å²) in [5.41, 5.74) is 22.2. The summed E-state index contributed by atoms with van der Waals surface area (Å²) in [5, 5.41) is 26.7. The monoisotopic (exact) mass is 1100 g/mol. The van der Waals surface area contributed by atoms with Crippen LogP contribution >= 0.6 is 0 Å². The van der Waals surface area contributed by atoms with Gasteiger partial charge in [0, 0.05) is 32.7 Å². The number of carbonyl (C=O) groups excluding carboxylic acids is 9. The number of likely N-dealkylation sites (tertiary alicyclic amines) is 4. The van der Waals surface area contributed by atoms with E-state index in [1.54, 1.807) is 4.90 Å². The number of hydrogen-bond donors (Lipinski definition) is 11. The molecule has 0 unspecified atom stereocenters. The molecule has 0 aromatic heterocycles. The normalized spacial score (nSPS) is 23.0. The first-order valence-corrected chi connectivity index (χ1v) is 28.4. The van der Waals surface area contributed by atoms with Crippen molar-refractivity contribution in [3.8, 4) is 0 Å². The molecule has 0 spiro atoms. The highest BCUT2D eigenvalue weighted by molar-refractivity contribution is 5.99. The van der Waals surface area contributed by atoms with Crippen LogP contribution in [0.1, 0.15) is 143 Å². The number of hydrogen-bond acceptors (Lipinski definition) is 14. The van der Waals surface area contributed by atoms with Gasteiger partial charge in [0.25, 0.3) is 0 Å². The number of carboxylic acids is 1. The number of carboxylic acid groups (broad SMARTS) is 1. The van der Waals surface area contributed by atoms with Crippen molar-refractivity contribution in [2.45, 2.75) is 203 Å². The van der Waals surface area contributed by atoms with E-state index in [4.69, 9.17) is 22.9 Å². The van der Waals surface area contributed by atoms with Crippen LogP contribution in [0.5, 0.6) is 0 Å². The fraction of sp³-hybridized carbons (Fsp3) is 0.788. The lowest BCUT2D eigenvalue weighted by atomic mass is 10.0. The van der Waals surface area contributed by atoms with E-state index < -0.39 is 102 Å². The highest BCUT2D eigenvalue weighted by Crippen LogP contribution is 2.29. The van der Waals surface area contributed by atoms with Gasteiger partial charge in [0.1, 0.15) is 54.4 Å². The van der Waals surface area contributed by atoms with Crippen molar-refractivity contribution in [2.24, 2.45) is 33.8 Å². The summed E-state index contributed by atoms with van der Waals surface area (Å²) in [7, 11) is 0. The summed E-state index contributed by atoms with van der Waals surface area (Å²) >= 11 is 0. The molecule has 5 heterocycles. The van der Waals surface area contributed by atoms with Gasteiger partial charge in [0.2, 0.25) is 53.2 Å². The predicted octanol–water partition coefficient (Wildman–Crippen LogP) is -2.41. The van der Waals surface area contributed by atoms with Crippen LogP contribution in [-0.2, 0) is 47.9 Å². The molecular weight excluding hydrogens is 1010 g/mol. The Hall–Kier alpha value is -6.15. The SMILES string of the molecule is CC(C)C[C@H](NC(=O)[C@H](C)NC(=O)[C@@H]1CCCN1C(=O)[C@@H]1CCCN1C(=O)[C@@H]1CCCN1)C(=O)N1CCC[C@H]1C(=O)N1CCC[C@H]1C(=O)N[C@@H](CCCCN)C(=O)N[C@@H](CCCCN)C(=O)N[C@@H](CCCN=C(N)N)C(=O)O. The maximum atomic E-state index is 14.6. The first-order chi connectivity index (χ1) is 37.3. The summed E-state index contributed by atoms with van der Waals surface area (Å²) in [5.74, 6) is -5.96. The maximum Gasteiger partial charge on any atom is 0.326 e. The number of nitrogens with two attached hydrogens (primary N) is 4. The van der Waals surface area contributed by atoms with Crippen LogP contribution in [0.25, 0.3) is 0 Å². The zero-order valence-corrected chi connectivity index (χ0v) is 46.0. The third kappa shape index (κ3) is 17.4. The van der Waals surface area contributed by atoms with Crippen LogP contribution in [0.2, 0.25) is 0 Å². The number of aliphatic imine (C=N–C) groups is 1. The molecule has 78 heavy (non-hydrogen) atoms. The second-order valence-electron chi connectivity index (χ2n) is 21.9. The minimum absolute atomic E-state index is 0.00847. The van der Waals surface area contributed by atoms with Crippen LogP contribution in [0.4, 0.5) is 0 Å². The molecule has 5 rings (SSSR count). The minimum atomic E-state index is -1.30. The third-order valence-corrected chi connectivity index (χ3v) is 15.5. The number of carbonyl (C=O) groups is 10. The molecule has 5 saturated heterocycles. The Morgan fingerprint density at radius 1 is 0.538 bits per heavy atom. The largest absolute Gasteiger partial charge is 0.480 e. The highest BCUT2D eigenvalue weighted by Gasteiger charge is 2.46. The number of nitrogens with one attached hydrogen (secondary N) is 6. The first-order valence-electron chi connectivity index (χ1n) is 28.4. The Kier molecular flexibility index (Phi) is 24.8. The van der Waals surface area contributed by atoms with Gasteiger partial charge in [-0.25, -0.2) is 4.79 Å². The molecule has 0 saturated carbocycles. The molecule has 15 N–H and O–H groups in total. The molecule has 0 radical (unpaired) electrons. The second-order valence-corrected chi connectivity index (χ2v) is 21.9. The van der Waals surface area contributed by atoms with Gasteiger partial charge in [0.05, 0.1) is 6.04 Å². The highest BCUT2D eigenvalue weighted by atomic mass is 16.4. The average molecular weight is 1100 g/mol. The number of amides is 9. The van der Waals surface area contributed by atoms with E-state index in [1.807, 2.05) is 13.8 Å². The quantitative estimate of drug-likeness (QED) is 0.0211. The van der Waals surface area contributed by atoms with E-state index in [2.05, 4.69) is 36.9 Å². The van der Waals surface area contributed by atoms with Gasteiger partial charge >= 0.3 is 5.97 Å². The molecule has 5 aliphatic heterocycles. The van der Waals surface area contributed by atoms with Gasteiger partial charge in [-0.3, -0.25) is 48.1 Å². The molecule has 5 fully saturated rings. The predicted molar refractivity (Wildman–Crippen MR) is 288 cm³/mol. The summed E-state index contributed by atoms with van der Waals surface area (Å²) in [4.78, 5) is 148. The lowest BCUT2D eigenvalue weighted by Crippen LogP contribution is -2.59. The molecule has 0 aliphatic carbocycles. The standard InChI is InChI=1S/C52H89N15O11/c1-31(2)30-37(63-42(68)32(3)59-45(71)38-18-10-26-64(38)49(75)40-20-12-28-66(40)47(73)35-16-8-24-57-35)48(74)67-29-13-21-41(67)50(76)65-27-11-19-39(65)46(72)61-34(15-5-7-23-54)43(69)60-33(14-4-6-22-53)44(70)62-36(51(77)78)17-9-25-58-52(55)56/h31-41,57H,4-30,53-54H2,1-3H3,(H,59,71)(H,60,69)(H,61,72)(H,62,70)(H,63,68)(H,77,78)(H4,55,56,58)/t32-,33-,34-,35-,36-,37-,38-,39-,40-,41-/m0/s1. The van der Waals surface area contributed by atoms with E-state index in [-0.39, 0.29) is 87.9 Å². The molecule has 0 bridgehead atoms. The van der Waals surface area contributed by atoms with Gasteiger partial charge in [0.15, 0.2) is 5.96 Å². The Labute approximate surface area is 457 Å². The van der Waals surface area contributed by atoms with E-state index in [1.165, 1.54) is 21.6 Å². The van der Waals surface area contributed by atoms with Crippen LogP contribution in [0, 0.1) is 5.92 Å². The van der Waals surface area contributed by atoms with Gasteiger partial charge in [-0.05, 0) is 154 Å². The maximum absolute atomic E-state index is 14.6. The van der Waals surface area contributed by atoms with Crippen molar-refractivity contribution in [3.05, 3.63) is 0 Å². The number of nitrogens with zero attached hydrogens (tertiary/aromatic N) is 5. The molecule has 438 valence electrons. The van der Waals surface area contributed by atoms with Gasteiger partial charge < -0.3 is 79.5 Å². The van der Waals surface area contributed by atoms with Crippen molar-refractivity contribution < 1.29 is 53.1 Å². The Morgan fingerprint density at radius 3 is 1.50 bits per heavy atom. The van der Waals surface area contributed by atoms with Crippen LogP contribution in [-0.4, -0.2) is 203 Å². The van der Waals surface area contributed by atoms with Crippen molar-refractivity contribution in [3.63, 3.8) is 0 Å². The Morgan fingerprint density at radius 2 is 1.00 bits per heavy atom. The van der Waals surface area contributed by atoms with Crippen LogP contribution < -0.4 is 54.8 Å². The summed E-state index contributed by atoms with van der Waals surface area (Å²) in [6.45, 7) is 8.06. The third-order valence-electron chi connectivity index (χ3n) is 15.5. The fourth-order valence-corrected chi connectivity index (χ4v) is 11.3. The summed E-state index contributed by atoms with van der Waals surface area (Å²) in [6, 6.07) is -9.54. The van der Waals surface area contributed by atoms with Crippen molar-refractivity contribution >= 4 is 65.1 Å². The van der Waals surface area contributed by atoms with Crippen molar-refractivity contribution in [1.82, 2.24) is 51.5 Å². The molecular formula is C52H89N15O11. The molecule has 10 atom stereocenters. The molecule has 26 heteroatoms. The molecule has 5 aliphatic rings. The molecule has 0 aromatic carbocycles. The Balaban J connectivity index is 1.21. The first kappa shape index (κ1) is 62.7. The van der Waals surface area contributed by atoms with E-state index in [9.17, 15) is 53.1 Å². The van der Waals surface area contributed by atoms with Gasteiger partial charge in [-0.1, -0.05) is 13.8 Å². The number of guanidine groups is 1. The zero-order chi connectivity index (χ0) is 57.1. The molecule has 0 aromatic rings. The van der Waals surface area contributed by atoms with Gasteiger partial charge in [-0.2, -0.15) is 0 Å². The lowest BCUT2D eigenvalue weighted by molar-refractivity contribution is -0.148. The molecule has 26 nitrogen and oxygen atoms in total. The van der Waals surface area contributed by atoms with E-state index in [0.717, 1.165) is 13.0 Å². The topological polar surface area (TPSA) is 393 Å². The minimum Gasteiger partial charge on any atom is -0.480 e. The van der Waals surface area contributed by atoms with E-state index >= 15 is 0 Å². The second kappa shape index (κ2) is 30.9. The van der Waals surface area contributed by atoms with Crippen LogP contribution in [0.15, 0.2) is 4.99 Å². The number of aliphatic carboxylic acids is 1. The Bertz CT molecular complexity index is 2140. The molecule has 9 amide bonds. The summed E-state index contributed by atoms with van der Waals surface area (Å²) < 4.78 is 0. The summed E-state index contributed by atoms with van der Waals surface area (Å²) in [6.07, 6.45) is 7.96. The van der Waals surface area contributed by atoms with Crippen molar-refractivity contribution in [1.29, 1.82) is 0 Å². The fourth-order valence-electron chi connectivity index (χ4n) is 11.3. The number of rotatable bonds is 29. The van der Waals surface area contributed by atoms with Crippen LogP contribution in [0.3, 0.4) is 0 Å². The lowest BCUT2D eigenvalue weighted by Gasteiger charge is -2.34. The number of unbranched alkanes of at least 4 members (excludes halogenated alkanes) is 2. The van der Waals surface area contributed by atoms with Gasteiger partial charge in [-0.15, -0.1) is 0 Å². The average Bonchev–Trinajstić information content (AvgIpc) is 4.28. The van der Waals surface area contributed by atoms with Crippen molar-refractivity contribution in [2.75, 3.05) is 52.4 Å². The zero-order valence-electron chi connectivity index (χ0n) is 46.0.